The van der Waals surface area contributed by atoms with E-state index in [2.05, 4.69) is 25.7 Å². The number of aliphatic hydroxyl groups excluding tert-OH is 1. The van der Waals surface area contributed by atoms with Gasteiger partial charge in [0.2, 0.25) is 11.9 Å². The minimum atomic E-state index is -0.537. The van der Waals surface area contributed by atoms with Gasteiger partial charge < -0.3 is 20.6 Å². The first-order chi connectivity index (χ1) is 14.5. The summed E-state index contributed by atoms with van der Waals surface area (Å²) in [5.74, 6) is -0.0605. The van der Waals surface area contributed by atoms with E-state index >= 15 is 0 Å². The summed E-state index contributed by atoms with van der Waals surface area (Å²) in [5.41, 5.74) is 2.25. The Bertz CT molecular complexity index is 1150. The molecule has 30 heavy (non-hydrogen) atoms. The highest BCUT2D eigenvalue weighted by atomic mass is 16.3. The smallest absolute Gasteiger partial charge is 0.299 e. The van der Waals surface area contributed by atoms with Gasteiger partial charge in [0.15, 0.2) is 5.65 Å². The molecule has 0 saturated heterocycles. The first-order valence-corrected chi connectivity index (χ1v) is 9.89. The molecule has 3 aromatic rings. The van der Waals surface area contributed by atoms with E-state index in [0.29, 0.717) is 34.5 Å². The quantitative estimate of drug-likeness (QED) is 0.559. The van der Waals surface area contributed by atoms with Gasteiger partial charge in [0.25, 0.3) is 11.7 Å². The number of benzene rings is 1. The molecule has 1 aromatic carbocycles. The summed E-state index contributed by atoms with van der Waals surface area (Å²) in [6.07, 6.45) is 4.75. The zero-order chi connectivity index (χ0) is 20.8. The first kappa shape index (κ1) is 18.5. The van der Waals surface area contributed by atoms with Gasteiger partial charge in [-0.3, -0.25) is 9.59 Å². The third kappa shape index (κ3) is 3.14. The molecule has 5 rings (SSSR count). The zero-order valence-electron chi connectivity index (χ0n) is 16.4. The Labute approximate surface area is 171 Å². The number of ketones is 1. The third-order valence-electron chi connectivity index (χ3n) is 5.64. The summed E-state index contributed by atoms with van der Waals surface area (Å²) in [6.45, 7) is 0. The molecular weight excluding hydrogens is 386 g/mol. The number of likely N-dealkylation sites (N-methyl/N-ethyl adjacent to an activating group) is 1. The lowest BCUT2D eigenvalue weighted by molar-refractivity contribution is -0.114. The molecule has 1 fully saturated rings. The summed E-state index contributed by atoms with van der Waals surface area (Å²) in [4.78, 5) is 34.0. The van der Waals surface area contributed by atoms with Gasteiger partial charge in [-0.25, -0.2) is 4.98 Å². The molecule has 2 aliphatic rings. The molecule has 0 radical (unpaired) electrons. The van der Waals surface area contributed by atoms with Gasteiger partial charge in [0.1, 0.15) is 0 Å². The second kappa shape index (κ2) is 7.06. The number of fused-ring (bicyclic) bond motifs is 2. The highest BCUT2D eigenvalue weighted by Crippen LogP contribution is 2.31. The summed E-state index contributed by atoms with van der Waals surface area (Å²) in [5, 5.41) is 20.7. The van der Waals surface area contributed by atoms with Gasteiger partial charge in [-0.15, -0.1) is 5.10 Å². The number of hydrogen-bond donors (Lipinski definition) is 3. The van der Waals surface area contributed by atoms with Crippen molar-refractivity contribution in [1.29, 1.82) is 0 Å². The molecule has 0 unspecified atom stereocenters. The van der Waals surface area contributed by atoms with Crippen LogP contribution in [-0.4, -0.2) is 55.6 Å². The fourth-order valence-electron chi connectivity index (χ4n) is 3.96. The molecule has 154 valence electrons. The summed E-state index contributed by atoms with van der Waals surface area (Å²) in [6, 6.07) is 7.08. The van der Waals surface area contributed by atoms with Crippen LogP contribution in [0.1, 0.15) is 36.0 Å². The van der Waals surface area contributed by atoms with Crippen LogP contribution in [-0.2, 0) is 4.79 Å². The number of carbonyl (C=O) groups is 2. The van der Waals surface area contributed by atoms with Crippen molar-refractivity contribution in [2.24, 2.45) is 0 Å². The predicted octanol–water partition coefficient (Wildman–Crippen LogP) is 1.74. The maximum absolute atomic E-state index is 11.9. The number of Topliss-reactive ketones (excluding diaryl/α,β-unsaturated/α-hetero) is 1. The molecule has 10 heteroatoms. The van der Waals surface area contributed by atoms with Crippen molar-refractivity contribution in [1.82, 2.24) is 19.6 Å². The molecule has 0 spiro atoms. The van der Waals surface area contributed by atoms with Gasteiger partial charge in [-0.05, 0) is 43.9 Å². The van der Waals surface area contributed by atoms with Crippen LogP contribution in [0.15, 0.2) is 30.5 Å². The number of nitrogens with one attached hydrogen (secondary N) is 2. The largest absolute Gasteiger partial charge is 0.393 e. The van der Waals surface area contributed by atoms with Crippen LogP contribution in [0.25, 0.3) is 5.65 Å². The molecule has 3 N–H and O–H groups in total. The predicted molar refractivity (Wildman–Crippen MR) is 110 cm³/mol. The second-order valence-electron chi connectivity index (χ2n) is 7.67. The molecule has 1 amide bonds. The summed E-state index contributed by atoms with van der Waals surface area (Å²) in [7, 11) is 1.58. The highest BCUT2D eigenvalue weighted by Gasteiger charge is 2.33. The van der Waals surface area contributed by atoms with E-state index in [4.69, 9.17) is 0 Å². The number of amides is 1. The van der Waals surface area contributed by atoms with Crippen LogP contribution in [0, 0.1) is 0 Å². The van der Waals surface area contributed by atoms with E-state index < -0.39 is 11.7 Å². The highest BCUT2D eigenvalue weighted by molar-refractivity contribution is 6.52. The van der Waals surface area contributed by atoms with E-state index in [9.17, 15) is 14.7 Å². The maximum atomic E-state index is 11.9. The normalized spacial score (nSPS) is 21.2. The van der Waals surface area contributed by atoms with E-state index in [0.717, 1.165) is 25.7 Å². The number of aliphatic hydroxyl groups is 1. The van der Waals surface area contributed by atoms with Crippen molar-refractivity contribution in [3.63, 3.8) is 0 Å². The minimum absolute atomic E-state index is 0.217. The van der Waals surface area contributed by atoms with Crippen LogP contribution in [0.5, 0.6) is 0 Å². The fourth-order valence-corrected chi connectivity index (χ4v) is 3.96. The first-order valence-electron chi connectivity index (χ1n) is 9.89. The monoisotopic (exact) mass is 407 g/mol. The number of carbonyl (C=O) groups excluding carboxylic acids is 2. The van der Waals surface area contributed by atoms with Crippen LogP contribution in [0.3, 0.4) is 0 Å². The Hall–Kier alpha value is -3.53. The van der Waals surface area contributed by atoms with Crippen molar-refractivity contribution < 1.29 is 14.7 Å². The molecule has 1 saturated carbocycles. The fraction of sp³-hybridized carbons (Fsp3) is 0.350. The van der Waals surface area contributed by atoms with Crippen molar-refractivity contribution in [3.05, 3.63) is 36.0 Å². The molecular formula is C20H21N7O3. The average Bonchev–Trinajstić information content (AvgIpc) is 3.25. The van der Waals surface area contributed by atoms with E-state index in [1.165, 1.54) is 4.90 Å². The Kier molecular flexibility index (Phi) is 4.35. The van der Waals surface area contributed by atoms with Gasteiger partial charge in [0.05, 0.1) is 17.4 Å². The lowest BCUT2D eigenvalue weighted by atomic mass is 9.93. The Morgan fingerprint density at radius 1 is 1.13 bits per heavy atom. The maximum Gasteiger partial charge on any atom is 0.299 e. The topological polar surface area (TPSA) is 125 Å². The lowest BCUT2D eigenvalue weighted by Crippen LogP contribution is -2.29. The molecule has 0 atom stereocenters. The zero-order valence-corrected chi connectivity index (χ0v) is 16.4. The van der Waals surface area contributed by atoms with Crippen molar-refractivity contribution >= 4 is 40.6 Å². The standard InChI is InChI=1S/C20H21N7O3/c1-26-15-10-12(4-7-14(15)17(29)18(26)30)22-19-24-16-8-9-21-20(27(16)25-19)23-11-2-5-13(28)6-3-11/h4,7-11,13,28H,2-3,5-6H2,1H3,(H,21,23)(H,22,25). The molecule has 10 nitrogen and oxygen atoms in total. The number of hydrogen-bond acceptors (Lipinski definition) is 8. The number of anilines is 4. The number of aromatic nitrogens is 4. The number of nitrogens with zero attached hydrogens (tertiary/aromatic N) is 5. The minimum Gasteiger partial charge on any atom is -0.393 e. The lowest BCUT2D eigenvalue weighted by Gasteiger charge is -2.26. The summed E-state index contributed by atoms with van der Waals surface area (Å²) >= 11 is 0. The SMILES string of the molecule is CN1C(=O)C(=O)c2ccc(Nc3nc4ccnc(NC5CCC(O)CC5)n4n3)cc21. The van der Waals surface area contributed by atoms with Crippen LogP contribution in [0.4, 0.5) is 23.3 Å². The Morgan fingerprint density at radius 3 is 2.73 bits per heavy atom. The molecule has 1 aliphatic carbocycles. The van der Waals surface area contributed by atoms with E-state index in [1.807, 2.05) is 0 Å². The number of rotatable bonds is 4. The van der Waals surface area contributed by atoms with Gasteiger partial charge >= 0.3 is 0 Å². The van der Waals surface area contributed by atoms with Gasteiger partial charge in [-0.1, -0.05) is 0 Å². The molecule has 1 aliphatic heterocycles. The van der Waals surface area contributed by atoms with Gasteiger partial charge in [-0.2, -0.15) is 9.50 Å². The Balaban J connectivity index is 1.39. The second-order valence-corrected chi connectivity index (χ2v) is 7.67. The molecule has 3 heterocycles. The molecule has 2 aromatic heterocycles. The van der Waals surface area contributed by atoms with Crippen molar-refractivity contribution in [3.8, 4) is 0 Å². The van der Waals surface area contributed by atoms with E-state index in [1.54, 1.807) is 42.0 Å². The van der Waals surface area contributed by atoms with E-state index in [-0.39, 0.29) is 12.1 Å². The molecule has 0 bridgehead atoms. The van der Waals surface area contributed by atoms with Gasteiger partial charge in [0, 0.05) is 31.0 Å². The van der Waals surface area contributed by atoms with Crippen molar-refractivity contribution in [2.75, 3.05) is 22.6 Å². The van der Waals surface area contributed by atoms with Crippen LogP contribution >= 0.6 is 0 Å². The summed E-state index contributed by atoms with van der Waals surface area (Å²) < 4.78 is 1.64. The van der Waals surface area contributed by atoms with Crippen molar-refractivity contribution in [2.45, 2.75) is 37.8 Å². The third-order valence-corrected chi connectivity index (χ3v) is 5.64. The average molecular weight is 407 g/mol. The Morgan fingerprint density at radius 2 is 1.93 bits per heavy atom. The van der Waals surface area contributed by atoms with Crippen LogP contribution in [0.2, 0.25) is 0 Å². The van der Waals surface area contributed by atoms with Crippen LogP contribution < -0.4 is 15.5 Å².